The molecule has 0 radical (unpaired) electrons. The molecule has 4 nitrogen and oxygen atoms in total. The standard InChI is InChI=1S/C12H19NO3/c1-7-3-4-13(8(2)5-7)11(14)9-6-10(9)12(15)16/h7-10H,3-6H2,1-2H3,(H,15,16). The van der Waals surface area contributed by atoms with E-state index in [9.17, 15) is 9.59 Å². The van der Waals surface area contributed by atoms with Crippen molar-refractivity contribution < 1.29 is 14.7 Å². The predicted molar refractivity (Wildman–Crippen MR) is 58.8 cm³/mol. The van der Waals surface area contributed by atoms with Gasteiger partial charge in [-0.25, -0.2) is 0 Å². The summed E-state index contributed by atoms with van der Waals surface area (Å²) in [5.74, 6) is -0.746. The molecule has 2 fully saturated rings. The Morgan fingerprint density at radius 3 is 2.38 bits per heavy atom. The average Bonchev–Trinajstić information content (AvgIpc) is 2.96. The molecule has 1 N–H and O–H groups in total. The highest BCUT2D eigenvalue weighted by molar-refractivity contribution is 5.89. The van der Waals surface area contributed by atoms with Crippen LogP contribution in [0, 0.1) is 17.8 Å². The zero-order valence-corrected chi connectivity index (χ0v) is 9.85. The van der Waals surface area contributed by atoms with E-state index in [-0.39, 0.29) is 17.9 Å². The lowest BCUT2D eigenvalue weighted by molar-refractivity contribution is -0.143. The summed E-state index contributed by atoms with van der Waals surface area (Å²) in [7, 11) is 0. The molecular weight excluding hydrogens is 206 g/mol. The summed E-state index contributed by atoms with van der Waals surface area (Å²) >= 11 is 0. The molecule has 90 valence electrons. The molecule has 1 saturated carbocycles. The number of carbonyl (C=O) groups is 2. The molecule has 0 spiro atoms. The first-order valence-electron chi connectivity index (χ1n) is 6.04. The molecule has 1 aliphatic heterocycles. The fraction of sp³-hybridized carbons (Fsp3) is 0.833. The van der Waals surface area contributed by atoms with Crippen LogP contribution >= 0.6 is 0 Å². The van der Waals surface area contributed by atoms with Gasteiger partial charge in [0, 0.05) is 12.6 Å². The number of aliphatic carboxylic acids is 1. The maximum atomic E-state index is 12.1. The van der Waals surface area contributed by atoms with Crippen molar-refractivity contribution in [2.45, 2.75) is 39.2 Å². The topological polar surface area (TPSA) is 57.6 Å². The van der Waals surface area contributed by atoms with Gasteiger partial charge in [0.25, 0.3) is 0 Å². The first-order valence-corrected chi connectivity index (χ1v) is 6.04. The highest BCUT2D eigenvalue weighted by Gasteiger charge is 2.50. The van der Waals surface area contributed by atoms with Gasteiger partial charge in [-0.3, -0.25) is 9.59 Å². The molecule has 2 rings (SSSR count). The number of hydrogen-bond acceptors (Lipinski definition) is 2. The number of carboxylic acid groups (broad SMARTS) is 1. The second-order valence-corrected chi connectivity index (χ2v) is 5.30. The molecule has 1 heterocycles. The Hall–Kier alpha value is -1.06. The molecule has 0 aromatic rings. The second-order valence-electron chi connectivity index (χ2n) is 5.30. The van der Waals surface area contributed by atoms with Crippen molar-refractivity contribution in [1.29, 1.82) is 0 Å². The third-order valence-electron chi connectivity index (χ3n) is 3.85. The normalized spacial score (nSPS) is 38.2. The Balaban J connectivity index is 1.93. The lowest BCUT2D eigenvalue weighted by Crippen LogP contribution is -2.45. The van der Waals surface area contributed by atoms with Gasteiger partial charge in [0.05, 0.1) is 11.8 Å². The van der Waals surface area contributed by atoms with Crippen LogP contribution in [0.15, 0.2) is 0 Å². The van der Waals surface area contributed by atoms with Gasteiger partial charge in [-0.2, -0.15) is 0 Å². The number of amides is 1. The number of nitrogens with zero attached hydrogens (tertiary/aromatic N) is 1. The Kier molecular flexibility index (Phi) is 2.91. The van der Waals surface area contributed by atoms with Crippen molar-refractivity contribution in [3.05, 3.63) is 0 Å². The number of rotatable bonds is 2. The molecule has 4 heteroatoms. The van der Waals surface area contributed by atoms with Gasteiger partial charge in [0.15, 0.2) is 0 Å². The first kappa shape index (κ1) is 11.4. The van der Waals surface area contributed by atoms with Crippen molar-refractivity contribution in [3.63, 3.8) is 0 Å². The minimum atomic E-state index is -0.823. The highest BCUT2D eigenvalue weighted by atomic mass is 16.4. The smallest absolute Gasteiger partial charge is 0.307 e. The van der Waals surface area contributed by atoms with Gasteiger partial charge in [-0.1, -0.05) is 6.92 Å². The quantitative estimate of drug-likeness (QED) is 0.771. The van der Waals surface area contributed by atoms with Gasteiger partial charge in [-0.15, -0.1) is 0 Å². The van der Waals surface area contributed by atoms with Crippen molar-refractivity contribution in [2.75, 3.05) is 6.54 Å². The van der Waals surface area contributed by atoms with Gasteiger partial charge in [0.2, 0.25) is 5.91 Å². The summed E-state index contributed by atoms with van der Waals surface area (Å²) in [6.07, 6.45) is 2.61. The first-order chi connectivity index (χ1) is 7.50. The van der Waals surface area contributed by atoms with Crippen LogP contribution in [0.25, 0.3) is 0 Å². The van der Waals surface area contributed by atoms with Crippen molar-refractivity contribution >= 4 is 11.9 Å². The molecule has 4 atom stereocenters. The zero-order chi connectivity index (χ0) is 11.9. The maximum absolute atomic E-state index is 12.1. The Morgan fingerprint density at radius 2 is 1.88 bits per heavy atom. The molecular formula is C12H19NO3. The summed E-state index contributed by atoms with van der Waals surface area (Å²) in [5, 5.41) is 8.81. The summed E-state index contributed by atoms with van der Waals surface area (Å²) in [6, 6.07) is 0.270. The lowest BCUT2D eigenvalue weighted by Gasteiger charge is -2.36. The molecule has 16 heavy (non-hydrogen) atoms. The van der Waals surface area contributed by atoms with Crippen molar-refractivity contribution in [2.24, 2.45) is 17.8 Å². The summed E-state index contributed by atoms with van der Waals surface area (Å²) in [5.41, 5.74) is 0. The van der Waals surface area contributed by atoms with Crippen LogP contribution in [-0.2, 0) is 9.59 Å². The van der Waals surface area contributed by atoms with Gasteiger partial charge >= 0.3 is 5.97 Å². The van der Waals surface area contributed by atoms with E-state index in [1.54, 1.807) is 0 Å². The number of hydrogen-bond donors (Lipinski definition) is 1. The van der Waals surface area contributed by atoms with Gasteiger partial charge in [-0.05, 0) is 32.1 Å². The molecule has 1 amide bonds. The van der Waals surface area contributed by atoms with Crippen molar-refractivity contribution in [3.8, 4) is 0 Å². The Labute approximate surface area is 95.6 Å². The van der Waals surface area contributed by atoms with E-state index >= 15 is 0 Å². The molecule has 2 aliphatic rings. The van der Waals surface area contributed by atoms with Crippen LogP contribution in [0.4, 0.5) is 0 Å². The fourth-order valence-corrected chi connectivity index (χ4v) is 2.69. The van der Waals surface area contributed by atoms with Crippen LogP contribution in [0.5, 0.6) is 0 Å². The van der Waals surface area contributed by atoms with E-state index in [1.807, 2.05) is 4.90 Å². The van der Waals surface area contributed by atoms with Gasteiger partial charge in [0.1, 0.15) is 0 Å². The minimum Gasteiger partial charge on any atom is -0.481 e. The van der Waals surface area contributed by atoms with E-state index in [2.05, 4.69) is 13.8 Å². The summed E-state index contributed by atoms with van der Waals surface area (Å²) in [4.78, 5) is 24.7. The third-order valence-corrected chi connectivity index (χ3v) is 3.85. The zero-order valence-electron chi connectivity index (χ0n) is 9.85. The second kappa shape index (κ2) is 4.07. The number of likely N-dealkylation sites (tertiary alicyclic amines) is 1. The molecule has 0 aromatic heterocycles. The number of piperidine rings is 1. The molecule has 4 unspecified atom stereocenters. The molecule has 0 aromatic carbocycles. The Morgan fingerprint density at radius 1 is 1.19 bits per heavy atom. The monoisotopic (exact) mass is 225 g/mol. The molecule has 1 saturated heterocycles. The average molecular weight is 225 g/mol. The van der Waals surface area contributed by atoms with E-state index in [4.69, 9.17) is 5.11 Å². The van der Waals surface area contributed by atoms with Crippen LogP contribution in [-0.4, -0.2) is 34.5 Å². The predicted octanol–water partition coefficient (Wildman–Crippen LogP) is 1.35. The van der Waals surface area contributed by atoms with Crippen LogP contribution in [0.2, 0.25) is 0 Å². The number of carboxylic acids is 1. The number of carbonyl (C=O) groups excluding carboxylic acids is 1. The summed E-state index contributed by atoms with van der Waals surface area (Å²) < 4.78 is 0. The van der Waals surface area contributed by atoms with E-state index in [0.29, 0.717) is 12.3 Å². The molecule has 1 aliphatic carbocycles. The van der Waals surface area contributed by atoms with E-state index < -0.39 is 11.9 Å². The van der Waals surface area contributed by atoms with Crippen LogP contribution in [0.3, 0.4) is 0 Å². The van der Waals surface area contributed by atoms with Gasteiger partial charge < -0.3 is 10.0 Å². The highest BCUT2D eigenvalue weighted by Crippen LogP contribution is 2.41. The van der Waals surface area contributed by atoms with E-state index in [0.717, 1.165) is 19.4 Å². The fourth-order valence-electron chi connectivity index (χ4n) is 2.69. The van der Waals surface area contributed by atoms with Crippen LogP contribution in [0.1, 0.15) is 33.1 Å². The summed E-state index contributed by atoms with van der Waals surface area (Å²) in [6.45, 7) is 5.06. The SMILES string of the molecule is CC1CCN(C(=O)C2CC2C(=O)O)C(C)C1. The van der Waals surface area contributed by atoms with E-state index in [1.165, 1.54) is 0 Å². The minimum absolute atomic E-state index is 0.0619. The van der Waals surface area contributed by atoms with Crippen LogP contribution < -0.4 is 0 Å². The third kappa shape index (κ3) is 2.06. The lowest BCUT2D eigenvalue weighted by atomic mass is 9.93. The largest absolute Gasteiger partial charge is 0.481 e. The maximum Gasteiger partial charge on any atom is 0.307 e. The molecule has 0 bridgehead atoms. The Bertz CT molecular complexity index is 315. The van der Waals surface area contributed by atoms with Crippen molar-refractivity contribution in [1.82, 2.24) is 4.90 Å².